The molecule has 0 unspecified atom stereocenters. The highest BCUT2D eigenvalue weighted by Crippen LogP contribution is 2.20. The van der Waals surface area contributed by atoms with Crippen LogP contribution in [0.4, 0.5) is 14.5 Å². The van der Waals surface area contributed by atoms with Crippen LogP contribution in [0.1, 0.15) is 15.9 Å². The Bertz CT molecular complexity index is 643. The maximum atomic E-state index is 13.6. The molecule has 0 bridgehead atoms. The topological polar surface area (TPSA) is 29.1 Å². The molecule has 2 aromatic carbocycles. The molecule has 0 aliphatic carbocycles. The number of hydrogen-bond acceptors (Lipinski definition) is 1. The van der Waals surface area contributed by atoms with Crippen LogP contribution in [-0.4, -0.2) is 5.91 Å². The molecule has 98 valence electrons. The van der Waals surface area contributed by atoms with Crippen molar-refractivity contribution in [1.29, 1.82) is 0 Å². The summed E-state index contributed by atoms with van der Waals surface area (Å²) in [6.45, 7) is 1.72. The Morgan fingerprint density at radius 2 is 1.84 bits per heavy atom. The second-order valence-electron chi connectivity index (χ2n) is 4.06. The predicted octanol–water partition coefficient (Wildman–Crippen LogP) is 4.29. The van der Waals surface area contributed by atoms with Crippen LogP contribution >= 0.6 is 15.9 Å². The number of aryl methyl sites for hydroxylation is 1. The van der Waals surface area contributed by atoms with Crippen molar-refractivity contribution >= 4 is 27.5 Å². The Hall–Kier alpha value is -1.75. The van der Waals surface area contributed by atoms with Crippen molar-refractivity contribution in [3.05, 3.63) is 63.6 Å². The second-order valence-corrected chi connectivity index (χ2v) is 4.98. The first kappa shape index (κ1) is 13.7. The molecule has 0 atom stereocenters. The lowest BCUT2D eigenvalue weighted by molar-refractivity contribution is 0.102. The molecule has 2 aromatic rings. The van der Waals surface area contributed by atoms with Gasteiger partial charge in [0, 0.05) is 4.47 Å². The fraction of sp³-hybridized carbons (Fsp3) is 0.0714. The van der Waals surface area contributed by atoms with Crippen molar-refractivity contribution in [2.45, 2.75) is 6.92 Å². The quantitative estimate of drug-likeness (QED) is 0.876. The zero-order valence-corrected chi connectivity index (χ0v) is 11.6. The van der Waals surface area contributed by atoms with E-state index in [0.29, 0.717) is 10.0 Å². The van der Waals surface area contributed by atoms with E-state index in [1.54, 1.807) is 19.1 Å². The van der Waals surface area contributed by atoms with Crippen LogP contribution in [0.25, 0.3) is 0 Å². The van der Waals surface area contributed by atoms with Gasteiger partial charge in [0.2, 0.25) is 0 Å². The molecule has 0 aliphatic rings. The molecule has 0 aliphatic heterocycles. The third-order valence-electron chi connectivity index (χ3n) is 2.55. The van der Waals surface area contributed by atoms with Gasteiger partial charge in [-0.1, -0.05) is 22.0 Å². The molecule has 0 spiro atoms. The minimum atomic E-state index is -0.682. The fourth-order valence-corrected chi connectivity index (χ4v) is 1.92. The molecule has 2 nitrogen and oxygen atoms in total. The largest absolute Gasteiger partial charge is 0.319 e. The van der Waals surface area contributed by atoms with Gasteiger partial charge in [0.05, 0.1) is 11.3 Å². The fourth-order valence-electron chi connectivity index (χ4n) is 1.58. The molecule has 1 N–H and O–H groups in total. The summed E-state index contributed by atoms with van der Waals surface area (Å²) in [6, 6.07) is 8.47. The summed E-state index contributed by atoms with van der Waals surface area (Å²) in [7, 11) is 0. The average molecular weight is 326 g/mol. The van der Waals surface area contributed by atoms with Crippen LogP contribution in [0, 0.1) is 18.6 Å². The molecule has 0 radical (unpaired) electrons. The van der Waals surface area contributed by atoms with E-state index >= 15 is 0 Å². The zero-order valence-electron chi connectivity index (χ0n) is 10.0. The Balaban J connectivity index is 2.25. The maximum absolute atomic E-state index is 13.6. The van der Waals surface area contributed by atoms with E-state index < -0.39 is 17.5 Å². The van der Waals surface area contributed by atoms with E-state index in [2.05, 4.69) is 21.2 Å². The van der Waals surface area contributed by atoms with Crippen LogP contribution in [0.5, 0.6) is 0 Å². The van der Waals surface area contributed by atoms with Gasteiger partial charge in [-0.25, -0.2) is 8.78 Å². The smallest absolute Gasteiger partial charge is 0.258 e. The summed E-state index contributed by atoms with van der Waals surface area (Å²) in [4.78, 5) is 11.9. The first-order chi connectivity index (χ1) is 8.97. The SMILES string of the molecule is Cc1ccc(C(=O)Nc2ccc(Br)cc2F)c(F)c1. The van der Waals surface area contributed by atoms with Crippen LogP contribution in [0.2, 0.25) is 0 Å². The van der Waals surface area contributed by atoms with Crippen molar-refractivity contribution in [2.75, 3.05) is 5.32 Å². The van der Waals surface area contributed by atoms with Gasteiger partial charge >= 0.3 is 0 Å². The predicted molar refractivity (Wildman–Crippen MR) is 73.2 cm³/mol. The van der Waals surface area contributed by atoms with Crippen molar-refractivity contribution in [2.24, 2.45) is 0 Å². The second kappa shape index (κ2) is 5.48. The van der Waals surface area contributed by atoms with E-state index in [4.69, 9.17) is 0 Å². The lowest BCUT2D eigenvalue weighted by atomic mass is 10.1. The van der Waals surface area contributed by atoms with Crippen LogP contribution < -0.4 is 5.32 Å². The monoisotopic (exact) mass is 325 g/mol. The molecule has 2 rings (SSSR count). The maximum Gasteiger partial charge on any atom is 0.258 e. The van der Waals surface area contributed by atoms with E-state index in [-0.39, 0.29) is 11.3 Å². The summed E-state index contributed by atoms with van der Waals surface area (Å²) in [5.41, 5.74) is 0.602. The molecule has 0 saturated heterocycles. The van der Waals surface area contributed by atoms with Crippen molar-refractivity contribution in [3.8, 4) is 0 Å². The van der Waals surface area contributed by atoms with Crippen LogP contribution in [0.15, 0.2) is 40.9 Å². The number of rotatable bonds is 2. The van der Waals surface area contributed by atoms with Crippen molar-refractivity contribution in [3.63, 3.8) is 0 Å². The normalized spacial score (nSPS) is 10.3. The lowest BCUT2D eigenvalue weighted by Gasteiger charge is -2.08. The van der Waals surface area contributed by atoms with Gasteiger partial charge in [0.1, 0.15) is 11.6 Å². The zero-order chi connectivity index (χ0) is 14.0. The number of carbonyl (C=O) groups excluding carboxylic acids is 1. The van der Waals surface area contributed by atoms with Crippen LogP contribution in [0.3, 0.4) is 0 Å². The van der Waals surface area contributed by atoms with Gasteiger partial charge in [-0.05, 0) is 42.8 Å². The van der Waals surface area contributed by atoms with E-state index in [1.807, 2.05) is 0 Å². The van der Waals surface area contributed by atoms with Gasteiger partial charge < -0.3 is 5.32 Å². The molecule has 0 aromatic heterocycles. The number of benzene rings is 2. The van der Waals surface area contributed by atoms with Gasteiger partial charge in [-0.3, -0.25) is 4.79 Å². The van der Waals surface area contributed by atoms with Gasteiger partial charge in [0.15, 0.2) is 0 Å². The molecule has 0 heterocycles. The number of carbonyl (C=O) groups is 1. The molecule has 0 saturated carbocycles. The number of hydrogen-bond donors (Lipinski definition) is 1. The van der Waals surface area contributed by atoms with E-state index in [0.717, 1.165) is 0 Å². The van der Waals surface area contributed by atoms with Crippen molar-refractivity contribution in [1.82, 2.24) is 0 Å². The van der Waals surface area contributed by atoms with Crippen molar-refractivity contribution < 1.29 is 13.6 Å². The highest BCUT2D eigenvalue weighted by atomic mass is 79.9. The average Bonchev–Trinajstić information content (AvgIpc) is 2.32. The Morgan fingerprint density at radius 1 is 1.11 bits per heavy atom. The summed E-state index contributed by atoms with van der Waals surface area (Å²) < 4.78 is 27.7. The number of halogens is 3. The third-order valence-corrected chi connectivity index (χ3v) is 3.04. The van der Waals surface area contributed by atoms with E-state index in [1.165, 1.54) is 24.3 Å². The Kier molecular flexibility index (Phi) is 3.95. The first-order valence-corrected chi connectivity index (χ1v) is 6.29. The summed E-state index contributed by atoms with van der Waals surface area (Å²) in [6.07, 6.45) is 0. The van der Waals surface area contributed by atoms with Gasteiger partial charge in [0.25, 0.3) is 5.91 Å². The summed E-state index contributed by atoms with van der Waals surface area (Å²) >= 11 is 3.11. The molecule has 1 amide bonds. The van der Waals surface area contributed by atoms with Crippen LogP contribution in [-0.2, 0) is 0 Å². The minimum absolute atomic E-state index is 0.00757. The molecule has 0 fully saturated rings. The number of amides is 1. The molecule has 5 heteroatoms. The Morgan fingerprint density at radius 3 is 2.47 bits per heavy atom. The third kappa shape index (κ3) is 3.17. The highest BCUT2D eigenvalue weighted by Gasteiger charge is 2.13. The number of anilines is 1. The highest BCUT2D eigenvalue weighted by molar-refractivity contribution is 9.10. The van der Waals surface area contributed by atoms with Gasteiger partial charge in [-0.15, -0.1) is 0 Å². The molecule has 19 heavy (non-hydrogen) atoms. The molecular weight excluding hydrogens is 316 g/mol. The van der Waals surface area contributed by atoms with E-state index in [9.17, 15) is 13.6 Å². The lowest BCUT2D eigenvalue weighted by Crippen LogP contribution is -2.14. The van der Waals surface area contributed by atoms with Gasteiger partial charge in [-0.2, -0.15) is 0 Å². The molecular formula is C14H10BrF2NO. The Labute approximate surface area is 117 Å². The summed E-state index contributed by atoms with van der Waals surface area (Å²) in [5, 5.41) is 2.34. The standard InChI is InChI=1S/C14H10BrF2NO/c1-8-2-4-10(11(16)6-8)14(19)18-13-5-3-9(15)7-12(13)17/h2-7H,1H3,(H,18,19). The first-order valence-electron chi connectivity index (χ1n) is 5.50. The number of nitrogens with one attached hydrogen (secondary N) is 1. The summed E-state index contributed by atoms with van der Waals surface area (Å²) in [5.74, 6) is -1.90. The minimum Gasteiger partial charge on any atom is -0.319 e.